The van der Waals surface area contributed by atoms with Crippen molar-refractivity contribution in [2.45, 2.75) is 94.9 Å². The van der Waals surface area contributed by atoms with Gasteiger partial charge in [-0.1, -0.05) is 80.4 Å². The van der Waals surface area contributed by atoms with Crippen molar-refractivity contribution >= 4 is 29.6 Å². The van der Waals surface area contributed by atoms with Crippen LogP contribution in [0.1, 0.15) is 63.0 Å². The van der Waals surface area contributed by atoms with Gasteiger partial charge >= 0.3 is 5.97 Å². The molecule has 2 rings (SSSR count). The minimum Gasteiger partial charge on any atom is -0.481 e. The summed E-state index contributed by atoms with van der Waals surface area (Å²) < 4.78 is 0. The first-order chi connectivity index (χ1) is 22.6. The number of nitrogens with two attached hydrogens (primary N) is 3. The number of unbranched alkanes of at least 4 members (excludes halogenated alkanes) is 1. The first-order valence-electron chi connectivity index (χ1n) is 16.2. The Morgan fingerprint density at radius 2 is 1.15 bits per heavy atom. The van der Waals surface area contributed by atoms with E-state index in [9.17, 15) is 24.0 Å². The lowest BCUT2D eigenvalue weighted by Gasteiger charge is -2.27. The molecule has 0 radical (unpaired) electrons. The van der Waals surface area contributed by atoms with Crippen LogP contribution in [0.15, 0.2) is 60.7 Å². The monoisotopic (exact) mass is 653 g/mol. The number of amides is 4. The van der Waals surface area contributed by atoms with Crippen LogP contribution in [0.4, 0.5) is 0 Å². The van der Waals surface area contributed by atoms with Gasteiger partial charge in [0.25, 0.3) is 0 Å². The van der Waals surface area contributed by atoms with Gasteiger partial charge in [0.15, 0.2) is 0 Å². The van der Waals surface area contributed by atoms with E-state index in [0.29, 0.717) is 19.3 Å². The third-order valence-electron chi connectivity index (χ3n) is 7.70. The molecule has 0 bridgehead atoms. The highest BCUT2D eigenvalue weighted by molar-refractivity contribution is 5.95. The van der Waals surface area contributed by atoms with Gasteiger partial charge in [0.1, 0.15) is 18.1 Å². The normalized spacial score (nSPS) is 14.1. The van der Waals surface area contributed by atoms with Crippen molar-refractivity contribution in [2.24, 2.45) is 17.2 Å². The highest BCUT2D eigenvalue weighted by Gasteiger charge is 2.31. The number of hydrogen-bond acceptors (Lipinski definition) is 8. The second kappa shape index (κ2) is 21.5. The van der Waals surface area contributed by atoms with Crippen LogP contribution in [0.3, 0.4) is 0 Å². The Bertz CT molecular complexity index is 1260. The Morgan fingerprint density at radius 3 is 1.66 bits per heavy atom. The molecule has 0 spiro atoms. The molecular formula is C34H51N7O6. The van der Waals surface area contributed by atoms with E-state index < -0.39 is 59.8 Å². The summed E-state index contributed by atoms with van der Waals surface area (Å²) in [6, 6.07) is 14.0. The smallest absolute Gasteiger partial charge is 0.303 e. The molecule has 0 aromatic heterocycles. The van der Waals surface area contributed by atoms with Crippen molar-refractivity contribution in [3.05, 3.63) is 71.8 Å². The third-order valence-corrected chi connectivity index (χ3v) is 7.70. The average Bonchev–Trinajstić information content (AvgIpc) is 3.06. The number of nitrogens with one attached hydrogen (secondary N) is 4. The second-order valence-corrected chi connectivity index (χ2v) is 11.6. The van der Waals surface area contributed by atoms with Crippen molar-refractivity contribution in [3.63, 3.8) is 0 Å². The van der Waals surface area contributed by atoms with Crippen LogP contribution < -0.4 is 38.5 Å². The summed E-state index contributed by atoms with van der Waals surface area (Å²) >= 11 is 0. The summed E-state index contributed by atoms with van der Waals surface area (Å²) in [5.74, 6) is -3.17. The predicted molar refractivity (Wildman–Crippen MR) is 180 cm³/mol. The van der Waals surface area contributed by atoms with Crippen molar-refractivity contribution in [3.8, 4) is 0 Å². The van der Waals surface area contributed by atoms with Gasteiger partial charge in [-0.2, -0.15) is 0 Å². The summed E-state index contributed by atoms with van der Waals surface area (Å²) in [4.78, 5) is 64.7. The Morgan fingerprint density at radius 1 is 0.660 bits per heavy atom. The highest BCUT2D eigenvalue weighted by atomic mass is 16.4. The van der Waals surface area contributed by atoms with E-state index in [1.807, 2.05) is 67.6 Å². The number of carbonyl (C=O) groups excluding carboxylic acids is 4. The van der Waals surface area contributed by atoms with Crippen molar-refractivity contribution in [2.75, 3.05) is 13.1 Å². The summed E-state index contributed by atoms with van der Waals surface area (Å²) in [6.45, 7) is 2.25. The molecule has 0 aliphatic carbocycles. The van der Waals surface area contributed by atoms with E-state index >= 15 is 0 Å². The topological polar surface area (TPSA) is 232 Å². The highest BCUT2D eigenvalue weighted by Crippen LogP contribution is 2.09. The van der Waals surface area contributed by atoms with Gasteiger partial charge in [-0.3, -0.25) is 24.0 Å². The fraction of sp³-hybridized carbons (Fsp3) is 0.500. The van der Waals surface area contributed by atoms with Crippen LogP contribution in [0.5, 0.6) is 0 Å². The summed E-state index contributed by atoms with van der Waals surface area (Å²) in [5, 5.41) is 20.1. The lowest BCUT2D eigenvalue weighted by molar-refractivity contribution is -0.137. The molecule has 0 aliphatic heterocycles. The maximum atomic E-state index is 13.7. The minimum atomic E-state index is -1.03. The standard InChI is InChI=1S/C34H51N7O6/c1-2-3-15-27(33(46)39-28(16-10-19-35)32(45)38-25(22-36)17-18-30(42)43)40-34(47)29(21-24-13-8-5-9-14-24)41-31(44)26(37)20-23-11-6-4-7-12-23/h4-9,11-14,25-29H,2-3,10,15-22,35-37H2,1H3,(H,38,45)(H,39,46)(H,40,47)(H,41,44)(H,42,43)/t25-,26+,27+,28+,29+/m0/s1. The molecule has 2 aromatic rings. The van der Waals surface area contributed by atoms with Crippen LogP contribution in [0.25, 0.3) is 0 Å². The summed E-state index contributed by atoms with van der Waals surface area (Å²) in [5.41, 5.74) is 19.3. The Kier molecular flexibility index (Phi) is 17.7. The van der Waals surface area contributed by atoms with Gasteiger partial charge in [0.05, 0.1) is 6.04 Å². The second-order valence-electron chi connectivity index (χ2n) is 11.6. The zero-order valence-corrected chi connectivity index (χ0v) is 27.2. The molecule has 13 heteroatoms. The maximum Gasteiger partial charge on any atom is 0.303 e. The van der Waals surface area contributed by atoms with Crippen LogP contribution in [-0.2, 0) is 36.8 Å². The Labute approximate surface area is 276 Å². The number of carboxylic acids is 1. The van der Waals surface area contributed by atoms with Crippen LogP contribution in [-0.4, -0.2) is 78.0 Å². The van der Waals surface area contributed by atoms with Crippen LogP contribution in [0.2, 0.25) is 0 Å². The van der Waals surface area contributed by atoms with Gasteiger partial charge < -0.3 is 43.6 Å². The number of aliphatic carboxylic acids is 1. The largest absolute Gasteiger partial charge is 0.481 e. The maximum absolute atomic E-state index is 13.7. The molecule has 0 heterocycles. The molecule has 0 unspecified atom stereocenters. The van der Waals surface area contributed by atoms with Gasteiger partial charge in [-0.05, 0) is 49.8 Å². The molecule has 2 aromatic carbocycles. The lowest BCUT2D eigenvalue weighted by atomic mass is 10.0. The van der Waals surface area contributed by atoms with Gasteiger partial charge in [0, 0.05) is 25.4 Å². The predicted octanol–water partition coefficient (Wildman–Crippen LogP) is 0.491. The zero-order chi connectivity index (χ0) is 34.6. The zero-order valence-electron chi connectivity index (χ0n) is 27.2. The molecule has 47 heavy (non-hydrogen) atoms. The van der Waals surface area contributed by atoms with Crippen LogP contribution in [0, 0.1) is 0 Å². The summed E-state index contributed by atoms with van der Waals surface area (Å²) in [6.07, 6.45) is 2.71. The Balaban J connectivity index is 2.21. The molecule has 11 N–H and O–H groups in total. The minimum absolute atomic E-state index is 0.0231. The molecule has 0 fully saturated rings. The quantitative estimate of drug-likeness (QED) is 0.0882. The first-order valence-corrected chi connectivity index (χ1v) is 16.2. The SMILES string of the molecule is CCCC[C@@H](NC(=O)[C@@H](Cc1ccccc1)NC(=O)[C@H](N)Cc1ccccc1)C(=O)N[C@H](CCCN)C(=O)N[C@H](CN)CCC(=O)O. The van der Waals surface area contributed by atoms with E-state index in [1.54, 1.807) is 0 Å². The van der Waals surface area contributed by atoms with E-state index in [0.717, 1.165) is 17.5 Å². The summed E-state index contributed by atoms with van der Waals surface area (Å²) in [7, 11) is 0. The van der Waals surface area contributed by atoms with E-state index in [4.69, 9.17) is 22.3 Å². The van der Waals surface area contributed by atoms with Crippen molar-refractivity contribution in [1.82, 2.24) is 21.3 Å². The molecule has 0 saturated carbocycles. The molecule has 4 amide bonds. The van der Waals surface area contributed by atoms with Gasteiger partial charge in [0.2, 0.25) is 23.6 Å². The number of benzene rings is 2. The van der Waals surface area contributed by atoms with E-state index in [-0.39, 0.29) is 45.2 Å². The molecule has 0 saturated heterocycles. The average molecular weight is 654 g/mol. The van der Waals surface area contributed by atoms with Gasteiger partial charge in [-0.15, -0.1) is 0 Å². The molecular weight excluding hydrogens is 602 g/mol. The van der Waals surface area contributed by atoms with E-state index in [2.05, 4.69) is 21.3 Å². The molecule has 13 nitrogen and oxygen atoms in total. The molecule has 5 atom stereocenters. The fourth-order valence-electron chi connectivity index (χ4n) is 4.96. The third kappa shape index (κ3) is 14.8. The van der Waals surface area contributed by atoms with Crippen molar-refractivity contribution in [1.29, 1.82) is 0 Å². The van der Waals surface area contributed by atoms with E-state index in [1.165, 1.54) is 0 Å². The number of hydrogen-bond donors (Lipinski definition) is 8. The van der Waals surface area contributed by atoms with Crippen LogP contribution >= 0.6 is 0 Å². The number of carbonyl (C=O) groups is 5. The lowest BCUT2D eigenvalue weighted by Crippen LogP contribution is -2.59. The fourth-order valence-corrected chi connectivity index (χ4v) is 4.96. The Hall–Kier alpha value is -4.33. The first kappa shape index (κ1) is 38.9. The molecule has 0 aliphatic rings. The number of rotatable bonds is 22. The van der Waals surface area contributed by atoms with Crippen molar-refractivity contribution < 1.29 is 29.1 Å². The van der Waals surface area contributed by atoms with Gasteiger partial charge in [-0.25, -0.2) is 0 Å². The number of carboxylic acid groups (broad SMARTS) is 1. The molecule has 258 valence electrons.